The van der Waals surface area contributed by atoms with Gasteiger partial charge in [-0.1, -0.05) is 6.07 Å². The second kappa shape index (κ2) is 6.28. The zero-order valence-corrected chi connectivity index (χ0v) is 15.7. The van der Waals surface area contributed by atoms with Gasteiger partial charge >= 0.3 is 0 Å². The Morgan fingerprint density at radius 2 is 1.86 bits per heavy atom. The molecule has 29 heavy (non-hydrogen) atoms. The number of fused-ring (bicyclic) bond motifs is 2. The van der Waals surface area contributed by atoms with Crippen LogP contribution in [0.2, 0.25) is 0 Å². The van der Waals surface area contributed by atoms with Gasteiger partial charge in [-0.05, 0) is 23.6 Å². The first-order valence-corrected chi connectivity index (χ1v) is 9.73. The van der Waals surface area contributed by atoms with Crippen LogP contribution in [0.25, 0.3) is 55.3 Å². The fraction of sp³-hybridized carbons (Fsp3) is 0. The Bertz CT molecular complexity index is 1450. The molecule has 0 aliphatic carbocycles. The minimum Gasteiger partial charge on any atom is -0.321 e. The van der Waals surface area contributed by atoms with Gasteiger partial charge in [0.2, 0.25) is 0 Å². The summed E-state index contributed by atoms with van der Waals surface area (Å²) in [7, 11) is 0. The molecule has 0 aliphatic heterocycles. The summed E-state index contributed by atoms with van der Waals surface area (Å²) in [5.41, 5.74) is 5.78. The van der Waals surface area contributed by atoms with Gasteiger partial charge in [0.15, 0.2) is 17.1 Å². The normalized spacial score (nSPS) is 11.4. The summed E-state index contributed by atoms with van der Waals surface area (Å²) < 4.78 is 0. The van der Waals surface area contributed by atoms with E-state index in [1.54, 1.807) is 36.1 Å². The summed E-state index contributed by atoms with van der Waals surface area (Å²) in [4.78, 5) is 26.4. The third kappa shape index (κ3) is 2.59. The molecule has 0 bridgehead atoms. The van der Waals surface area contributed by atoms with Crippen molar-refractivity contribution in [3.8, 4) is 33.1 Å². The number of aromatic nitrogens is 8. The zero-order chi connectivity index (χ0) is 19.2. The molecule has 6 aromatic heterocycles. The predicted molar refractivity (Wildman–Crippen MR) is 111 cm³/mol. The molecular weight excluding hydrogens is 384 g/mol. The smallest absolute Gasteiger partial charge is 0.161 e. The molecule has 0 saturated carbocycles. The molecule has 0 atom stereocenters. The average Bonchev–Trinajstić information content (AvgIpc) is 3.52. The molecular formula is C20H12N8S. The Morgan fingerprint density at radius 1 is 0.931 bits per heavy atom. The Kier molecular flexibility index (Phi) is 3.47. The predicted octanol–water partition coefficient (Wildman–Crippen LogP) is 4.08. The highest BCUT2D eigenvalue weighted by Crippen LogP contribution is 2.33. The van der Waals surface area contributed by atoms with E-state index < -0.39 is 0 Å². The topological polar surface area (TPSA) is 109 Å². The van der Waals surface area contributed by atoms with Crippen LogP contribution < -0.4 is 0 Å². The second-order valence-corrected chi connectivity index (χ2v) is 7.39. The molecule has 0 fully saturated rings. The van der Waals surface area contributed by atoms with Crippen molar-refractivity contribution in [2.24, 2.45) is 0 Å². The Labute approximate surface area is 167 Å². The molecule has 6 aromatic rings. The number of nitrogens with one attached hydrogen (secondary N) is 2. The van der Waals surface area contributed by atoms with Gasteiger partial charge in [0.05, 0.1) is 5.39 Å². The van der Waals surface area contributed by atoms with Crippen LogP contribution in [-0.4, -0.2) is 40.1 Å². The Balaban J connectivity index is 1.53. The van der Waals surface area contributed by atoms with E-state index in [2.05, 4.69) is 46.6 Å². The molecule has 0 aliphatic rings. The van der Waals surface area contributed by atoms with Crippen LogP contribution in [0.5, 0.6) is 0 Å². The number of aromatic amines is 2. The van der Waals surface area contributed by atoms with E-state index in [1.165, 1.54) is 6.33 Å². The van der Waals surface area contributed by atoms with E-state index in [9.17, 15) is 0 Å². The molecule has 6 rings (SSSR count). The number of hydrogen-bond acceptors (Lipinski definition) is 7. The highest BCUT2D eigenvalue weighted by molar-refractivity contribution is 7.13. The van der Waals surface area contributed by atoms with E-state index in [1.807, 2.05) is 18.2 Å². The SMILES string of the molecule is c1csc(-c2ccnc3[nH]c(-c4n[nH]c5ncc(-c6cncnc6)cc45)nc23)c1. The number of thiophene rings is 1. The Morgan fingerprint density at radius 3 is 2.72 bits per heavy atom. The fourth-order valence-corrected chi connectivity index (χ4v) is 4.10. The van der Waals surface area contributed by atoms with Crippen molar-refractivity contribution in [1.29, 1.82) is 0 Å². The molecule has 0 unspecified atom stereocenters. The van der Waals surface area contributed by atoms with E-state index >= 15 is 0 Å². The van der Waals surface area contributed by atoms with E-state index in [-0.39, 0.29) is 0 Å². The standard InChI is InChI=1S/C20H12N8S/c1-2-15(29-5-1)13-3-4-23-19-16(13)25-20(26-19)17-14-6-11(9-24-18(14)28-27-17)12-7-21-10-22-8-12/h1-10H,(H,23,25,26)(H,24,27,28). The summed E-state index contributed by atoms with van der Waals surface area (Å²) >= 11 is 1.67. The molecule has 8 nitrogen and oxygen atoms in total. The second-order valence-electron chi connectivity index (χ2n) is 6.44. The Hall–Kier alpha value is -3.98. The van der Waals surface area contributed by atoms with Crippen molar-refractivity contribution in [2.75, 3.05) is 0 Å². The maximum absolute atomic E-state index is 4.82. The van der Waals surface area contributed by atoms with E-state index in [0.717, 1.165) is 38.1 Å². The van der Waals surface area contributed by atoms with Gasteiger partial charge in [-0.25, -0.2) is 24.9 Å². The number of nitrogens with zero attached hydrogens (tertiary/aromatic N) is 6. The molecule has 0 saturated heterocycles. The molecule has 6 heterocycles. The van der Waals surface area contributed by atoms with E-state index in [4.69, 9.17) is 4.98 Å². The molecule has 0 spiro atoms. The molecule has 0 amide bonds. The first kappa shape index (κ1) is 16.0. The largest absolute Gasteiger partial charge is 0.321 e. The molecule has 9 heteroatoms. The van der Waals surface area contributed by atoms with Crippen LogP contribution in [-0.2, 0) is 0 Å². The third-order valence-corrected chi connectivity index (χ3v) is 5.61. The maximum atomic E-state index is 4.82. The first-order chi connectivity index (χ1) is 14.4. The summed E-state index contributed by atoms with van der Waals surface area (Å²) in [6.45, 7) is 0. The summed E-state index contributed by atoms with van der Waals surface area (Å²) in [5.74, 6) is 0.644. The van der Waals surface area contributed by atoms with Crippen LogP contribution >= 0.6 is 11.3 Å². The summed E-state index contributed by atoms with van der Waals surface area (Å²) in [6, 6.07) is 8.11. The number of hydrogen-bond donors (Lipinski definition) is 2. The monoisotopic (exact) mass is 396 g/mol. The number of H-pyrrole nitrogens is 2. The van der Waals surface area contributed by atoms with Crippen LogP contribution in [0.4, 0.5) is 0 Å². The molecule has 138 valence electrons. The number of imidazole rings is 1. The highest BCUT2D eigenvalue weighted by Gasteiger charge is 2.17. The van der Waals surface area contributed by atoms with Crippen molar-refractivity contribution in [3.05, 3.63) is 60.8 Å². The first-order valence-electron chi connectivity index (χ1n) is 8.85. The van der Waals surface area contributed by atoms with Crippen molar-refractivity contribution in [1.82, 2.24) is 40.1 Å². The van der Waals surface area contributed by atoms with Gasteiger partial charge in [-0.15, -0.1) is 11.3 Å². The summed E-state index contributed by atoms with van der Waals surface area (Å²) in [6.07, 6.45) is 8.59. The molecule has 0 aromatic carbocycles. The minimum absolute atomic E-state index is 0.644. The lowest BCUT2D eigenvalue weighted by Gasteiger charge is -2.00. The van der Waals surface area contributed by atoms with Gasteiger partial charge in [0.25, 0.3) is 0 Å². The lowest BCUT2D eigenvalue weighted by Crippen LogP contribution is -1.85. The van der Waals surface area contributed by atoms with E-state index in [0.29, 0.717) is 17.2 Å². The van der Waals surface area contributed by atoms with Gasteiger partial charge in [0, 0.05) is 46.4 Å². The third-order valence-electron chi connectivity index (χ3n) is 4.71. The number of pyridine rings is 2. The van der Waals surface area contributed by atoms with Crippen LogP contribution in [0, 0.1) is 0 Å². The van der Waals surface area contributed by atoms with Gasteiger partial charge < -0.3 is 4.98 Å². The van der Waals surface area contributed by atoms with Crippen LogP contribution in [0.1, 0.15) is 0 Å². The van der Waals surface area contributed by atoms with Crippen molar-refractivity contribution in [2.45, 2.75) is 0 Å². The fourth-order valence-electron chi connectivity index (χ4n) is 3.34. The summed E-state index contributed by atoms with van der Waals surface area (Å²) in [5, 5.41) is 10.3. The zero-order valence-electron chi connectivity index (χ0n) is 14.9. The van der Waals surface area contributed by atoms with Crippen LogP contribution in [0.3, 0.4) is 0 Å². The maximum Gasteiger partial charge on any atom is 0.161 e. The average molecular weight is 396 g/mol. The van der Waals surface area contributed by atoms with Gasteiger partial charge in [-0.3, -0.25) is 5.10 Å². The van der Waals surface area contributed by atoms with Crippen molar-refractivity contribution < 1.29 is 0 Å². The molecule has 0 radical (unpaired) electrons. The number of rotatable bonds is 3. The van der Waals surface area contributed by atoms with Crippen LogP contribution in [0.15, 0.2) is 60.8 Å². The highest BCUT2D eigenvalue weighted by atomic mass is 32.1. The van der Waals surface area contributed by atoms with Gasteiger partial charge in [0.1, 0.15) is 17.5 Å². The van der Waals surface area contributed by atoms with Crippen molar-refractivity contribution in [3.63, 3.8) is 0 Å². The van der Waals surface area contributed by atoms with Gasteiger partial charge in [-0.2, -0.15) is 5.10 Å². The van der Waals surface area contributed by atoms with Crippen molar-refractivity contribution >= 4 is 33.5 Å². The minimum atomic E-state index is 0.644. The quantitative estimate of drug-likeness (QED) is 0.466. The molecule has 2 N–H and O–H groups in total. The lowest BCUT2D eigenvalue weighted by molar-refractivity contribution is 1.09. The lowest BCUT2D eigenvalue weighted by atomic mass is 10.1.